The van der Waals surface area contributed by atoms with E-state index in [-0.39, 0.29) is 11.8 Å². The molecule has 0 saturated heterocycles. The quantitative estimate of drug-likeness (QED) is 0.549. The summed E-state index contributed by atoms with van der Waals surface area (Å²) in [5.41, 5.74) is 1.83. The van der Waals surface area contributed by atoms with E-state index in [1.807, 2.05) is 50.2 Å². The molecule has 0 radical (unpaired) electrons. The first-order chi connectivity index (χ1) is 13.9. The highest BCUT2D eigenvalue weighted by Crippen LogP contribution is 2.34. The highest BCUT2D eigenvalue weighted by atomic mass is 16.5. The molecule has 0 aromatic heterocycles. The molecule has 1 N–H and O–H groups in total. The maximum Gasteiger partial charge on any atom is 0.260 e. The van der Waals surface area contributed by atoms with Gasteiger partial charge in [0.2, 0.25) is 5.91 Å². The number of imide groups is 1. The van der Waals surface area contributed by atoms with E-state index in [4.69, 9.17) is 9.47 Å². The zero-order valence-corrected chi connectivity index (χ0v) is 17.5. The summed E-state index contributed by atoms with van der Waals surface area (Å²) in [4.78, 5) is 27.0. The number of nitrogens with zero attached hydrogens (tertiary/aromatic N) is 1. The average molecular weight is 396 g/mol. The van der Waals surface area contributed by atoms with Gasteiger partial charge in [0.05, 0.1) is 19.6 Å². The summed E-state index contributed by atoms with van der Waals surface area (Å²) in [6.45, 7) is 5.37. The number of carbonyl (C=O) groups is 2. The van der Waals surface area contributed by atoms with Gasteiger partial charge in [-0.3, -0.25) is 14.5 Å². The van der Waals surface area contributed by atoms with E-state index >= 15 is 0 Å². The fourth-order valence-electron chi connectivity index (χ4n) is 3.69. The van der Waals surface area contributed by atoms with E-state index in [0.717, 1.165) is 24.1 Å². The Labute approximate surface area is 171 Å². The van der Waals surface area contributed by atoms with Gasteiger partial charge in [-0.05, 0) is 56.1 Å². The second kappa shape index (κ2) is 8.66. The van der Waals surface area contributed by atoms with E-state index in [2.05, 4.69) is 5.32 Å². The third-order valence-corrected chi connectivity index (χ3v) is 5.41. The maximum absolute atomic E-state index is 12.9. The van der Waals surface area contributed by atoms with Crippen molar-refractivity contribution in [3.63, 3.8) is 0 Å². The van der Waals surface area contributed by atoms with E-state index in [1.54, 1.807) is 20.3 Å². The number of ether oxygens (including phenoxy) is 2. The van der Waals surface area contributed by atoms with Crippen LogP contribution in [0.1, 0.15) is 35.3 Å². The fraction of sp³-hybridized carbons (Fsp3) is 0.391. The lowest BCUT2D eigenvalue weighted by Crippen LogP contribution is -2.53. The zero-order valence-electron chi connectivity index (χ0n) is 17.5. The van der Waals surface area contributed by atoms with Crippen LogP contribution in [0.2, 0.25) is 0 Å². The van der Waals surface area contributed by atoms with Crippen LogP contribution in [0.25, 0.3) is 0 Å². The van der Waals surface area contributed by atoms with Crippen LogP contribution in [-0.2, 0) is 16.6 Å². The second-order valence-electron chi connectivity index (χ2n) is 7.62. The van der Waals surface area contributed by atoms with Crippen LogP contribution in [0.4, 0.5) is 0 Å². The largest absolute Gasteiger partial charge is 0.493 e. The van der Waals surface area contributed by atoms with Crippen molar-refractivity contribution in [2.45, 2.75) is 25.7 Å². The van der Waals surface area contributed by atoms with Crippen molar-refractivity contribution < 1.29 is 19.1 Å². The normalized spacial score (nSPS) is 15.2. The molecule has 1 aliphatic rings. The third kappa shape index (κ3) is 4.12. The molecule has 6 heteroatoms. The molecule has 2 amide bonds. The number of hydrogen-bond donors (Lipinski definition) is 1. The van der Waals surface area contributed by atoms with Crippen LogP contribution < -0.4 is 14.8 Å². The van der Waals surface area contributed by atoms with Gasteiger partial charge in [0, 0.05) is 18.7 Å². The molecule has 154 valence electrons. The molecule has 0 bridgehead atoms. The van der Waals surface area contributed by atoms with Crippen LogP contribution in [-0.4, -0.2) is 50.6 Å². The maximum atomic E-state index is 12.9. The van der Waals surface area contributed by atoms with Crippen LogP contribution in [0, 0.1) is 0 Å². The van der Waals surface area contributed by atoms with Gasteiger partial charge in [-0.15, -0.1) is 0 Å². The summed E-state index contributed by atoms with van der Waals surface area (Å²) in [5.74, 6) is 1.04. The molecule has 1 heterocycles. The summed E-state index contributed by atoms with van der Waals surface area (Å²) in [7, 11) is 3.23. The summed E-state index contributed by atoms with van der Waals surface area (Å²) in [6, 6.07) is 13.2. The molecule has 29 heavy (non-hydrogen) atoms. The summed E-state index contributed by atoms with van der Waals surface area (Å²) in [5, 5.41) is 3.32. The van der Waals surface area contributed by atoms with Gasteiger partial charge in [0.25, 0.3) is 5.91 Å². The monoisotopic (exact) mass is 396 g/mol. The third-order valence-electron chi connectivity index (χ3n) is 5.41. The SMILES string of the molecule is COc1ccc(CCNCCN2C(=O)c3ccccc3C(C)(C)C2=O)cc1OC. The van der Waals surface area contributed by atoms with Crippen molar-refractivity contribution >= 4 is 11.8 Å². The summed E-state index contributed by atoms with van der Waals surface area (Å²) in [6.07, 6.45) is 0.802. The molecule has 6 nitrogen and oxygen atoms in total. The van der Waals surface area contributed by atoms with Gasteiger partial charge >= 0.3 is 0 Å². The Morgan fingerprint density at radius 1 is 0.966 bits per heavy atom. The van der Waals surface area contributed by atoms with E-state index < -0.39 is 5.41 Å². The van der Waals surface area contributed by atoms with Crippen molar-refractivity contribution in [2.75, 3.05) is 33.9 Å². The number of carbonyl (C=O) groups excluding carboxylic acids is 2. The molecule has 0 atom stereocenters. The van der Waals surface area contributed by atoms with Gasteiger partial charge in [0.15, 0.2) is 11.5 Å². The first-order valence-corrected chi connectivity index (χ1v) is 9.77. The predicted molar refractivity (Wildman–Crippen MR) is 112 cm³/mol. The van der Waals surface area contributed by atoms with Gasteiger partial charge in [-0.1, -0.05) is 24.3 Å². The lowest BCUT2D eigenvalue weighted by Gasteiger charge is -2.37. The van der Waals surface area contributed by atoms with Gasteiger partial charge in [-0.2, -0.15) is 0 Å². The topological polar surface area (TPSA) is 67.9 Å². The molecule has 3 rings (SSSR count). The van der Waals surface area contributed by atoms with Crippen molar-refractivity contribution in [3.05, 3.63) is 59.2 Å². The minimum Gasteiger partial charge on any atom is -0.493 e. The Hall–Kier alpha value is -2.86. The molecule has 0 spiro atoms. The first kappa shape index (κ1) is 20.9. The Bertz CT molecular complexity index is 908. The Balaban J connectivity index is 1.56. The van der Waals surface area contributed by atoms with E-state index in [0.29, 0.717) is 30.2 Å². The van der Waals surface area contributed by atoms with Crippen molar-refractivity contribution in [1.29, 1.82) is 0 Å². The molecule has 2 aromatic rings. The molecule has 0 fully saturated rings. The van der Waals surface area contributed by atoms with Gasteiger partial charge in [-0.25, -0.2) is 0 Å². The second-order valence-corrected chi connectivity index (χ2v) is 7.62. The smallest absolute Gasteiger partial charge is 0.260 e. The molecule has 0 unspecified atom stereocenters. The lowest BCUT2D eigenvalue weighted by molar-refractivity contribution is -0.134. The minimum absolute atomic E-state index is 0.150. The number of methoxy groups -OCH3 is 2. The van der Waals surface area contributed by atoms with Crippen molar-refractivity contribution in [2.24, 2.45) is 0 Å². The van der Waals surface area contributed by atoms with Crippen molar-refractivity contribution in [1.82, 2.24) is 10.2 Å². The molecular weight excluding hydrogens is 368 g/mol. The van der Waals surface area contributed by atoms with E-state index in [1.165, 1.54) is 4.90 Å². The van der Waals surface area contributed by atoms with Gasteiger partial charge in [0.1, 0.15) is 0 Å². The number of hydrogen-bond acceptors (Lipinski definition) is 5. The van der Waals surface area contributed by atoms with Crippen LogP contribution >= 0.6 is 0 Å². The number of rotatable bonds is 8. The number of nitrogens with one attached hydrogen (secondary N) is 1. The number of fused-ring (bicyclic) bond motifs is 1. The predicted octanol–water partition coefficient (Wildman–Crippen LogP) is 2.80. The minimum atomic E-state index is -0.704. The summed E-state index contributed by atoms with van der Waals surface area (Å²) < 4.78 is 10.6. The van der Waals surface area contributed by atoms with Gasteiger partial charge < -0.3 is 14.8 Å². The molecular formula is C23H28N2O4. The zero-order chi connectivity index (χ0) is 21.0. The standard InChI is InChI=1S/C23H28N2O4/c1-23(2)18-8-6-5-7-17(18)21(26)25(22(23)27)14-13-24-12-11-16-9-10-19(28-3)20(15-16)29-4/h5-10,15,24H,11-14H2,1-4H3. The van der Waals surface area contributed by atoms with E-state index in [9.17, 15) is 9.59 Å². The summed E-state index contributed by atoms with van der Waals surface area (Å²) >= 11 is 0. The van der Waals surface area contributed by atoms with Crippen LogP contribution in [0.15, 0.2) is 42.5 Å². The van der Waals surface area contributed by atoms with Crippen LogP contribution in [0.3, 0.4) is 0 Å². The fourth-order valence-corrected chi connectivity index (χ4v) is 3.69. The number of amides is 2. The van der Waals surface area contributed by atoms with Crippen molar-refractivity contribution in [3.8, 4) is 11.5 Å². The average Bonchev–Trinajstić information content (AvgIpc) is 2.74. The molecule has 2 aromatic carbocycles. The Morgan fingerprint density at radius 2 is 1.69 bits per heavy atom. The molecule has 0 saturated carbocycles. The highest BCUT2D eigenvalue weighted by molar-refractivity contribution is 6.12. The highest BCUT2D eigenvalue weighted by Gasteiger charge is 2.43. The molecule has 0 aliphatic carbocycles. The Morgan fingerprint density at radius 3 is 2.41 bits per heavy atom. The molecule has 1 aliphatic heterocycles. The Kier molecular flexibility index (Phi) is 6.23. The first-order valence-electron chi connectivity index (χ1n) is 9.77. The van der Waals surface area contributed by atoms with Crippen LogP contribution in [0.5, 0.6) is 11.5 Å². The number of benzene rings is 2. The lowest BCUT2D eigenvalue weighted by atomic mass is 9.77.